The zero-order chi connectivity index (χ0) is 21.1. The fourth-order valence-corrected chi connectivity index (χ4v) is 5.58. The van der Waals surface area contributed by atoms with Crippen molar-refractivity contribution < 1.29 is 27.1 Å². The number of morpholine rings is 1. The number of halogens is 1. The Hall–Kier alpha value is -1.59. The lowest BCUT2D eigenvalue weighted by Crippen LogP contribution is -2.50. The lowest BCUT2D eigenvalue weighted by Gasteiger charge is -2.35. The molecule has 0 saturated carbocycles. The molecule has 1 atom stereocenters. The summed E-state index contributed by atoms with van der Waals surface area (Å²) in [6.07, 6.45) is 2.41. The number of nitrogens with zero attached hydrogens (tertiary/aromatic N) is 3. The van der Waals surface area contributed by atoms with E-state index in [1.165, 1.54) is 16.4 Å². The quantitative estimate of drug-likeness (QED) is 0.672. The van der Waals surface area contributed by atoms with Gasteiger partial charge in [-0.05, 0) is 31.0 Å². The first kappa shape index (κ1) is 21.6. The van der Waals surface area contributed by atoms with Crippen molar-refractivity contribution in [2.75, 3.05) is 65.6 Å². The van der Waals surface area contributed by atoms with Crippen LogP contribution in [-0.2, 0) is 19.5 Å². The van der Waals surface area contributed by atoms with Gasteiger partial charge >= 0.3 is 0 Å². The molecule has 0 bridgehead atoms. The summed E-state index contributed by atoms with van der Waals surface area (Å²) in [5.41, 5.74) is -0.197. The van der Waals surface area contributed by atoms with Crippen LogP contribution in [0.3, 0.4) is 0 Å². The lowest BCUT2D eigenvalue weighted by atomic mass is 10.1. The van der Waals surface area contributed by atoms with Crippen molar-refractivity contribution in [3.63, 3.8) is 0 Å². The second-order valence-electron chi connectivity index (χ2n) is 7.89. The predicted molar refractivity (Wildman–Crippen MR) is 107 cm³/mol. The van der Waals surface area contributed by atoms with Crippen LogP contribution in [0.2, 0.25) is 0 Å². The van der Waals surface area contributed by atoms with Crippen molar-refractivity contribution in [1.29, 1.82) is 0 Å². The Labute approximate surface area is 176 Å². The average Bonchev–Trinajstić information content (AvgIpc) is 3.28. The van der Waals surface area contributed by atoms with Gasteiger partial charge in [0.2, 0.25) is 10.0 Å². The summed E-state index contributed by atoms with van der Waals surface area (Å²) in [5, 5.41) is 0. The van der Waals surface area contributed by atoms with E-state index in [4.69, 9.17) is 9.47 Å². The van der Waals surface area contributed by atoms with Crippen LogP contribution in [0.15, 0.2) is 23.1 Å². The van der Waals surface area contributed by atoms with Crippen LogP contribution in [0.25, 0.3) is 0 Å². The zero-order valence-electron chi connectivity index (χ0n) is 17.0. The van der Waals surface area contributed by atoms with Gasteiger partial charge in [0.05, 0.1) is 29.8 Å². The SMILES string of the molecule is O=C(c1cc(S(=O)(=O)N2CCOCC2)ccc1F)N1CCN(CC2CCCO2)CC1. The number of carbonyl (C=O) groups excluding carboxylic acids is 1. The summed E-state index contributed by atoms with van der Waals surface area (Å²) in [6, 6.07) is 3.45. The number of amides is 1. The Morgan fingerprint density at radius 1 is 1.07 bits per heavy atom. The number of hydrogen-bond acceptors (Lipinski definition) is 6. The molecule has 0 aliphatic carbocycles. The molecule has 10 heteroatoms. The molecule has 3 aliphatic heterocycles. The number of benzene rings is 1. The van der Waals surface area contributed by atoms with Crippen LogP contribution in [0.4, 0.5) is 4.39 Å². The van der Waals surface area contributed by atoms with Crippen LogP contribution in [0, 0.1) is 5.82 Å². The fourth-order valence-electron chi connectivity index (χ4n) is 4.14. The molecule has 1 unspecified atom stereocenters. The van der Waals surface area contributed by atoms with E-state index >= 15 is 0 Å². The molecule has 1 aromatic rings. The molecule has 0 aromatic heterocycles. The molecule has 8 nitrogen and oxygen atoms in total. The van der Waals surface area contributed by atoms with E-state index < -0.39 is 21.7 Å². The minimum Gasteiger partial charge on any atom is -0.379 e. The number of ether oxygens (including phenoxy) is 2. The van der Waals surface area contributed by atoms with E-state index in [2.05, 4.69) is 4.90 Å². The highest BCUT2D eigenvalue weighted by Crippen LogP contribution is 2.22. The molecule has 1 aromatic carbocycles. The standard InChI is InChI=1S/C20H28FN3O5S/c21-19-4-3-17(30(26,27)24-9-12-28-13-10-24)14-18(19)20(25)23-7-5-22(6-8-23)15-16-2-1-11-29-16/h3-4,14,16H,1-2,5-13,15H2. The number of piperazine rings is 1. The summed E-state index contributed by atoms with van der Waals surface area (Å²) >= 11 is 0. The summed E-state index contributed by atoms with van der Waals surface area (Å²) in [7, 11) is -3.79. The molecule has 1 amide bonds. The van der Waals surface area contributed by atoms with Crippen LogP contribution < -0.4 is 0 Å². The van der Waals surface area contributed by atoms with Crippen LogP contribution in [-0.4, -0.2) is 100 Å². The Morgan fingerprint density at radius 3 is 2.47 bits per heavy atom. The van der Waals surface area contributed by atoms with E-state index in [0.717, 1.165) is 32.1 Å². The van der Waals surface area contributed by atoms with Crippen molar-refractivity contribution >= 4 is 15.9 Å². The van der Waals surface area contributed by atoms with E-state index in [9.17, 15) is 17.6 Å². The van der Waals surface area contributed by atoms with Gasteiger partial charge in [0.15, 0.2) is 0 Å². The third-order valence-electron chi connectivity index (χ3n) is 5.92. The first-order valence-corrected chi connectivity index (χ1v) is 11.9. The predicted octanol–water partition coefficient (Wildman–Crippen LogP) is 0.783. The largest absolute Gasteiger partial charge is 0.379 e. The van der Waals surface area contributed by atoms with E-state index in [1.54, 1.807) is 4.90 Å². The molecule has 0 N–H and O–H groups in total. The number of carbonyl (C=O) groups is 1. The van der Waals surface area contributed by atoms with Crippen LogP contribution >= 0.6 is 0 Å². The van der Waals surface area contributed by atoms with E-state index in [0.29, 0.717) is 39.4 Å². The maximum atomic E-state index is 14.4. The smallest absolute Gasteiger partial charge is 0.256 e. The highest BCUT2D eigenvalue weighted by atomic mass is 32.2. The average molecular weight is 442 g/mol. The topological polar surface area (TPSA) is 79.4 Å². The Kier molecular flexibility index (Phi) is 6.69. The monoisotopic (exact) mass is 441 g/mol. The molecule has 30 heavy (non-hydrogen) atoms. The zero-order valence-corrected chi connectivity index (χ0v) is 17.8. The van der Waals surface area contributed by atoms with Crippen LogP contribution in [0.1, 0.15) is 23.2 Å². The van der Waals surface area contributed by atoms with Gasteiger partial charge in [-0.25, -0.2) is 12.8 Å². The normalized spacial score (nSPS) is 24.3. The Balaban J connectivity index is 1.43. The van der Waals surface area contributed by atoms with Crippen molar-refractivity contribution in [3.05, 3.63) is 29.6 Å². The summed E-state index contributed by atoms with van der Waals surface area (Å²) in [5.74, 6) is -1.17. The third-order valence-corrected chi connectivity index (χ3v) is 7.82. The summed E-state index contributed by atoms with van der Waals surface area (Å²) in [6.45, 7) is 5.14. The second kappa shape index (κ2) is 9.27. The van der Waals surface area contributed by atoms with Crippen molar-refractivity contribution in [2.45, 2.75) is 23.8 Å². The van der Waals surface area contributed by atoms with E-state index in [-0.39, 0.29) is 29.7 Å². The maximum Gasteiger partial charge on any atom is 0.256 e. The van der Waals surface area contributed by atoms with Gasteiger partial charge in [-0.2, -0.15) is 4.31 Å². The van der Waals surface area contributed by atoms with Gasteiger partial charge in [0.25, 0.3) is 5.91 Å². The first-order chi connectivity index (χ1) is 14.4. The van der Waals surface area contributed by atoms with Gasteiger partial charge in [-0.3, -0.25) is 9.69 Å². The molecule has 3 saturated heterocycles. The summed E-state index contributed by atoms with van der Waals surface area (Å²) in [4.78, 5) is 16.7. The fraction of sp³-hybridized carbons (Fsp3) is 0.650. The number of rotatable bonds is 5. The number of hydrogen-bond donors (Lipinski definition) is 0. The van der Waals surface area contributed by atoms with Gasteiger partial charge in [0.1, 0.15) is 5.82 Å². The van der Waals surface area contributed by atoms with Gasteiger partial charge in [0, 0.05) is 52.4 Å². The minimum atomic E-state index is -3.79. The van der Waals surface area contributed by atoms with Crippen molar-refractivity contribution in [1.82, 2.24) is 14.1 Å². The molecule has 4 rings (SSSR count). The summed E-state index contributed by atoms with van der Waals surface area (Å²) < 4.78 is 52.4. The van der Waals surface area contributed by atoms with Gasteiger partial charge in [-0.1, -0.05) is 0 Å². The highest BCUT2D eigenvalue weighted by Gasteiger charge is 2.30. The second-order valence-corrected chi connectivity index (χ2v) is 9.82. The third kappa shape index (κ3) is 4.67. The van der Waals surface area contributed by atoms with E-state index in [1.807, 2.05) is 0 Å². The number of sulfonamides is 1. The molecule has 0 spiro atoms. The molecule has 3 heterocycles. The Bertz CT molecular complexity index is 861. The molecular weight excluding hydrogens is 413 g/mol. The van der Waals surface area contributed by atoms with Crippen LogP contribution in [0.5, 0.6) is 0 Å². The van der Waals surface area contributed by atoms with Gasteiger partial charge < -0.3 is 14.4 Å². The first-order valence-electron chi connectivity index (χ1n) is 10.5. The van der Waals surface area contributed by atoms with Crippen molar-refractivity contribution in [3.8, 4) is 0 Å². The maximum absolute atomic E-state index is 14.4. The molecule has 3 aliphatic rings. The highest BCUT2D eigenvalue weighted by molar-refractivity contribution is 7.89. The molecule has 166 valence electrons. The lowest BCUT2D eigenvalue weighted by molar-refractivity contribution is 0.0430. The van der Waals surface area contributed by atoms with Crippen molar-refractivity contribution in [2.24, 2.45) is 0 Å². The molecule has 0 radical (unpaired) electrons. The molecular formula is C20H28FN3O5S. The molecule has 3 fully saturated rings. The van der Waals surface area contributed by atoms with Gasteiger partial charge in [-0.15, -0.1) is 0 Å². The Morgan fingerprint density at radius 2 is 1.80 bits per heavy atom. The minimum absolute atomic E-state index is 0.0637.